The molecule has 5 rings (SSSR count). The van der Waals surface area contributed by atoms with Crippen molar-refractivity contribution in [1.29, 1.82) is 5.26 Å². The van der Waals surface area contributed by atoms with Crippen LogP contribution in [0.3, 0.4) is 0 Å². The monoisotopic (exact) mass is 539 g/mol. The molecule has 2 aromatic heterocycles. The lowest BCUT2D eigenvalue weighted by Crippen LogP contribution is -2.49. The van der Waals surface area contributed by atoms with Crippen LogP contribution in [0.2, 0.25) is 0 Å². The normalized spacial score (nSPS) is 16.6. The summed E-state index contributed by atoms with van der Waals surface area (Å²) in [4.78, 5) is 30.3. The van der Waals surface area contributed by atoms with E-state index in [0.717, 1.165) is 37.8 Å². The maximum Gasteiger partial charge on any atom is 0.292 e. The summed E-state index contributed by atoms with van der Waals surface area (Å²) in [5, 5.41) is 26.2. The zero-order valence-corrected chi connectivity index (χ0v) is 21.4. The van der Waals surface area contributed by atoms with Crippen molar-refractivity contribution in [2.75, 3.05) is 5.32 Å². The third kappa shape index (κ3) is 5.55. The lowest BCUT2D eigenvalue weighted by molar-refractivity contribution is 0.0920. The molecule has 0 aliphatic heterocycles. The van der Waals surface area contributed by atoms with Crippen molar-refractivity contribution < 1.29 is 23.5 Å². The first kappa shape index (κ1) is 26.6. The lowest BCUT2D eigenvalue weighted by Gasteiger charge is -2.29. The van der Waals surface area contributed by atoms with E-state index in [9.17, 15) is 24.3 Å². The number of rotatable bonds is 6. The van der Waals surface area contributed by atoms with Gasteiger partial charge in [-0.2, -0.15) is 5.26 Å². The fourth-order valence-electron chi connectivity index (χ4n) is 4.83. The van der Waals surface area contributed by atoms with Gasteiger partial charge in [0.1, 0.15) is 23.2 Å². The van der Waals surface area contributed by atoms with Crippen LogP contribution in [0.15, 0.2) is 71.3 Å². The van der Waals surface area contributed by atoms with E-state index < -0.39 is 11.7 Å². The van der Waals surface area contributed by atoms with E-state index in [4.69, 9.17) is 10.2 Å². The van der Waals surface area contributed by atoms with E-state index in [1.54, 1.807) is 36.4 Å². The highest BCUT2D eigenvalue weighted by Crippen LogP contribution is 2.36. The number of nitrogens with one attached hydrogen (secondary N) is 2. The minimum atomic E-state index is -0.641. The molecule has 0 radical (unpaired) electrons. The first-order chi connectivity index (χ1) is 19.3. The zero-order chi connectivity index (χ0) is 28.2. The Bertz CT molecular complexity index is 1610. The highest BCUT2D eigenvalue weighted by Gasteiger charge is 2.25. The largest absolute Gasteiger partial charge is 0.507 e. The summed E-state index contributed by atoms with van der Waals surface area (Å²) in [6, 6.07) is 16.5. The molecule has 9 nitrogen and oxygen atoms in total. The van der Waals surface area contributed by atoms with Gasteiger partial charge in [0.05, 0.1) is 12.0 Å². The molecule has 2 heterocycles. The highest BCUT2D eigenvalue weighted by atomic mass is 19.1. The second kappa shape index (κ2) is 11.4. The summed E-state index contributed by atoms with van der Waals surface area (Å²) in [5.74, 6) is -2.04. The molecule has 0 bridgehead atoms. The van der Waals surface area contributed by atoms with Crippen LogP contribution in [0.4, 0.5) is 10.2 Å². The molecule has 2 atom stereocenters. The zero-order valence-electron chi connectivity index (χ0n) is 21.4. The molecule has 10 heteroatoms. The molecule has 5 N–H and O–H groups in total. The Labute approximate surface area is 229 Å². The van der Waals surface area contributed by atoms with Gasteiger partial charge in [0.15, 0.2) is 11.6 Å². The number of hydrogen-bond donors (Lipinski definition) is 4. The molecule has 4 aromatic rings. The summed E-state index contributed by atoms with van der Waals surface area (Å²) in [5.41, 5.74) is 7.79. The van der Waals surface area contributed by atoms with E-state index in [0.29, 0.717) is 16.7 Å². The Morgan fingerprint density at radius 3 is 2.60 bits per heavy atom. The van der Waals surface area contributed by atoms with Gasteiger partial charge < -0.3 is 25.9 Å². The molecular formula is C30H26FN5O4. The van der Waals surface area contributed by atoms with Crippen LogP contribution in [-0.2, 0) is 0 Å². The Morgan fingerprint density at radius 1 is 1.05 bits per heavy atom. The van der Waals surface area contributed by atoms with Crippen LogP contribution in [0.5, 0.6) is 5.75 Å². The van der Waals surface area contributed by atoms with Gasteiger partial charge in [-0.15, -0.1) is 0 Å². The molecule has 1 aliphatic carbocycles. The Kier molecular flexibility index (Phi) is 7.57. The lowest BCUT2D eigenvalue weighted by atomic mass is 9.90. The third-order valence-corrected chi connectivity index (χ3v) is 6.92. The number of phenolic OH excluding ortho intramolecular Hbond substituents is 1. The number of halogens is 1. The van der Waals surface area contributed by atoms with Crippen molar-refractivity contribution >= 4 is 17.6 Å². The van der Waals surface area contributed by atoms with E-state index in [1.807, 2.05) is 0 Å². The molecule has 2 aromatic carbocycles. The van der Waals surface area contributed by atoms with Gasteiger partial charge in [0, 0.05) is 34.8 Å². The smallest absolute Gasteiger partial charge is 0.292 e. The maximum atomic E-state index is 13.7. The second-order valence-electron chi connectivity index (χ2n) is 9.59. The minimum Gasteiger partial charge on any atom is -0.507 e. The van der Waals surface area contributed by atoms with Crippen molar-refractivity contribution in [3.8, 4) is 34.2 Å². The van der Waals surface area contributed by atoms with Crippen molar-refractivity contribution in [2.24, 2.45) is 5.73 Å². The molecule has 2 amide bonds. The molecule has 1 fully saturated rings. The first-order valence-electron chi connectivity index (χ1n) is 12.8. The standard InChI is InChI=1S/C30H26FN5O4/c31-19-10-11-20(26(37)14-19)25-15-21(22(16-32)28(34-25)36-30(39)27-9-4-12-40-27)17-5-3-6-18(13-17)29(38)35-24-8-2-1-7-23(24)33/h3-6,9-15,23-24,37H,1-2,7-8,33H2,(H,35,38)(H,34,36,39). The van der Waals surface area contributed by atoms with Crippen molar-refractivity contribution in [1.82, 2.24) is 10.3 Å². The van der Waals surface area contributed by atoms with Crippen LogP contribution < -0.4 is 16.4 Å². The molecular weight excluding hydrogens is 513 g/mol. The molecule has 40 heavy (non-hydrogen) atoms. The number of hydrogen-bond acceptors (Lipinski definition) is 7. The number of nitrogens with two attached hydrogens (primary N) is 1. The number of benzene rings is 2. The van der Waals surface area contributed by atoms with Gasteiger partial charge in [-0.1, -0.05) is 25.0 Å². The first-order valence-corrected chi connectivity index (χ1v) is 12.8. The molecule has 202 valence electrons. The average molecular weight is 540 g/mol. The quantitative estimate of drug-likeness (QED) is 0.269. The summed E-state index contributed by atoms with van der Waals surface area (Å²) in [6.45, 7) is 0. The van der Waals surface area contributed by atoms with Gasteiger partial charge in [0.25, 0.3) is 11.8 Å². The predicted molar refractivity (Wildman–Crippen MR) is 146 cm³/mol. The second-order valence-corrected chi connectivity index (χ2v) is 9.59. The number of amides is 2. The predicted octanol–water partition coefficient (Wildman–Crippen LogP) is 4.98. The van der Waals surface area contributed by atoms with Gasteiger partial charge in [-0.3, -0.25) is 9.59 Å². The van der Waals surface area contributed by atoms with Gasteiger partial charge in [-0.05, 0) is 60.9 Å². The minimum absolute atomic E-state index is 0.00172. The van der Waals surface area contributed by atoms with Gasteiger partial charge in [0.2, 0.25) is 0 Å². The van der Waals surface area contributed by atoms with Crippen LogP contribution >= 0.6 is 0 Å². The maximum absolute atomic E-state index is 13.7. The molecule has 1 saturated carbocycles. The van der Waals surface area contributed by atoms with E-state index in [2.05, 4.69) is 21.7 Å². The topological polar surface area (TPSA) is 154 Å². The number of aromatic nitrogens is 1. The summed E-state index contributed by atoms with van der Waals surface area (Å²) in [6.07, 6.45) is 5.01. The Morgan fingerprint density at radius 2 is 1.88 bits per heavy atom. The fraction of sp³-hybridized carbons (Fsp3) is 0.200. The third-order valence-electron chi connectivity index (χ3n) is 6.92. The van der Waals surface area contributed by atoms with Crippen LogP contribution in [0.1, 0.15) is 52.2 Å². The molecule has 0 spiro atoms. The number of anilines is 1. The number of nitriles is 1. The Hall–Kier alpha value is -5.01. The SMILES string of the molecule is N#Cc1c(-c2cccc(C(=O)NC3CCCCC3N)c2)cc(-c2ccc(F)cc2O)nc1NC(=O)c1ccco1. The number of carbonyl (C=O) groups excluding carboxylic acids is 2. The molecule has 0 saturated heterocycles. The van der Waals surface area contributed by atoms with Crippen molar-refractivity contribution in [2.45, 2.75) is 37.8 Å². The number of pyridine rings is 1. The number of carbonyl (C=O) groups is 2. The molecule has 2 unspecified atom stereocenters. The fourth-order valence-corrected chi connectivity index (χ4v) is 4.83. The summed E-state index contributed by atoms with van der Waals surface area (Å²) >= 11 is 0. The number of aromatic hydroxyl groups is 1. The van der Waals surface area contributed by atoms with Crippen molar-refractivity contribution in [3.05, 3.63) is 89.6 Å². The number of phenols is 1. The molecule has 1 aliphatic rings. The van der Waals surface area contributed by atoms with Crippen LogP contribution in [0, 0.1) is 17.1 Å². The van der Waals surface area contributed by atoms with Gasteiger partial charge in [-0.25, -0.2) is 9.37 Å². The number of furan rings is 1. The van der Waals surface area contributed by atoms with Gasteiger partial charge >= 0.3 is 0 Å². The van der Waals surface area contributed by atoms with Crippen LogP contribution in [0.25, 0.3) is 22.4 Å². The Balaban J connectivity index is 1.58. The van der Waals surface area contributed by atoms with Crippen molar-refractivity contribution in [3.63, 3.8) is 0 Å². The highest BCUT2D eigenvalue weighted by molar-refractivity contribution is 6.03. The number of nitrogens with zero attached hydrogens (tertiary/aromatic N) is 2. The van der Waals surface area contributed by atoms with E-state index >= 15 is 0 Å². The van der Waals surface area contributed by atoms with E-state index in [-0.39, 0.29) is 52.1 Å². The summed E-state index contributed by atoms with van der Waals surface area (Å²) < 4.78 is 18.9. The van der Waals surface area contributed by atoms with Crippen LogP contribution in [-0.4, -0.2) is 34.0 Å². The average Bonchev–Trinajstić information content (AvgIpc) is 3.49. The van der Waals surface area contributed by atoms with E-state index in [1.165, 1.54) is 18.4 Å². The summed E-state index contributed by atoms with van der Waals surface area (Å²) in [7, 11) is 0.